The fourth-order valence-corrected chi connectivity index (χ4v) is 3.25. The summed E-state index contributed by atoms with van der Waals surface area (Å²) in [5, 5.41) is 10.4. The quantitative estimate of drug-likeness (QED) is 0.726. The Morgan fingerprint density at radius 2 is 1.93 bits per heavy atom. The average Bonchev–Trinajstić information content (AvgIpc) is 2.91. The fourth-order valence-electron chi connectivity index (χ4n) is 3.25. The molecule has 0 saturated heterocycles. The summed E-state index contributed by atoms with van der Waals surface area (Å²) in [5.74, 6) is 1.18. The molecule has 0 aromatic rings. The summed E-state index contributed by atoms with van der Waals surface area (Å²) >= 11 is 0. The number of hydrogen-bond donors (Lipinski definition) is 2. The first-order valence-corrected chi connectivity index (χ1v) is 6.09. The van der Waals surface area contributed by atoms with E-state index in [0.29, 0.717) is 18.4 Å². The van der Waals surface area contributed by atoms with Gasteiger partial charge < -0.3 is 10.8 Å². The van der Waals surface area contributed by atoms with Crippen molar-refractivity contribution in [1.29, 1.82) is 0 Å². The van der Waals surface area contributed by atoms with Crippen molar-refractivity contribution in [3.63, 3.8) is 0 Å². The molecular weight excluding hydrogens is 174 g/mol. The van der Waals surface area contributed by atoms with Gasteiger partial charge >= 0.3 is 0 Å². The van der Waals surface area contributed by atoms with Gasteiger partial charge in [0.25, 0.3) is 0 Å². The summed E-state index contributed by atoms with van der Waals surface area (Å²) in [5.41, 5.74) is 5.91. The zero-order valence-electron chi connectivity index (χ0n) is 9.21. The monoisotopic (exact) mass is 197 g/mol. The SMILES string of the molecule is C[C@@H]1C[C@@]1(CN)[C@@H](O)C1CCCCC1. The van der Waals surface area contributed by atoms with Gasteiger partial charge in [0.05, 0.1) is 6.10 Å². The molecule has 0 amide bonds. The Bertz CT molecular complexity index is 196. The molecule has 0 aliphatic heterocycles. The Morgan fingerprint density at radius 3 is 2.36 bits per heavy atom. The minimum Gasteiger partial charge on any atom is -0.392 e. The van der Waals surface area contributed by atoms with Crippen molar-refractivity contribution in [2.45, 2.75) is 51.6 Å². The Hall–Kier alpha value is -0.0800. The molecule has 2 heteroatoms. The minimum absolute atomic E-state index is 0.0992. The van der Waals surface area contributed by atoms with Crippen molar-refractivity contribution in [2.24, 2.45) is 23.0 Å². The van der Waals surface area contributed by atoms with Gasteiger partial charge in [-0.25, -0.2) is 0 Å². The molecule has 3 N–H and O–H groups in total. The lowest BCUT2D eigenvalue weighted by atomic mass is 9.78. The Labute approximate surface area is 86.9 Å². The first kappa shape index (κ1) is 10.4. The molecule has 2 aliphatic carbocycles. The highest BCUT2D eigenvalue weighted by atomic mass is 16.3. The van der Waals surface area contributed by atoms with Crippen LogP contribution in [0.3, 0.4) is 0 Å². The van der Waals surface area contributed by atoms with Gasteiger partial charge in [0, 0.05) is 12.0 Å². The van der Waals surface area contributed by atoms with Crippen LogP contribution in [0.25, 0.3) is 0 Å². The molecule has 2 aliphatic rings. The summed E-state index contributed by atoms with van der Waals surface area (Å²) in [6.07, 6.45) is 7.41. The van der Waals surface area contributed by atoms with Crippen molar-refractivity contribution in [2.75, 3.05) is 6.54 Å². The first-order valence-electron chi connectivity index (χ1n) is 6.09. The molecule has 0 bridgehead atoms. The maximum atomic E-state index is 10.4. The summed E-state index contributed by atoms with van der Waals surface area (Å²) in [4.78, 5) is 0. The molecule has 2 nitrogen and oxygen atoms in total. The Balaban J connectivity index is 1.96. The van der Waals surface area contributed by atoms with Gasteiger partial charge in [-0.15, -0.1) is 0 Å². The fraction of sp³-hybridized carbons (Fsp3) is 1.00. The topological polar surface area (TPSA) is 46.2 Å². The van der Waals surface area contributed by atoms with Crippen molar-refractivity contribution in [3.05, 3.63) is 0 Å². The second-order valence-corrected chi connectivity index (χ2v) is 5.39. The van der Waals surface area contributed by atoms with Crippen LogP contribution in [0.4, 0.5) is 0 Å². The van der Waals surface area contributed by atoms with Crippen LogP contribution in [0, 0.1) is 17.3 Å². The number of rotatable bonds is 3. The lowest BCUT2D eigenvalue weighted by Gasteiger charge is -2.32. The highest BCUT2D eigenvalue weighted by Crippen LogP contribution is 2.56. The molecule has 0 aromatic heterocycles. The van der Waals surface area contributed by atoms with Gasteiger partial charge in [-0.3, -0.25) is 0 Å². The number of aliphatic hydroxyl groups excluding tert-OH is 1. The van der Waals surface area contributed by atoms with Crippen LogP contribution < -0.4 is 5.73 Å². The van der Waals surface area contributed by atoms with E-state index < -0.39 is 0 Å². The molecule has 2 saturated carbocycles. The number of aliphatic hydroxyl groups is 1. The first-order chi connectivity index (χ1) is 6.70. The van der Waals surface area contributed by atoms with Gasteiger partial charge in [-0.2, -0.15) is 0 Å². The van der Waals surface area contributed by atoms with Crippen LogP contribution >= 0.6 is 0 Å². The number of nitrogens with two attached hydrogens (primary N) is 1. The molecular formula is C12H23NO. The van der Waals surface area contributed by atoms with E-state index in [9.17, 15) is 5.11 Å². The van der Waals surface area contributed by atoms with Crippen LogP contribution in [0.15, 0.2) is 0 Å². The average molecular weight is 197 g/mol. The molecule has 14 heavy (non-hydrogen) atoms. The molecule has 0 heterocycles. The zero-order chi connectivity index (χ0) is 10.2. The summed E-state index contributed by atoms with van der Waals surface area (Å²) in [7, 11) is 0. The lowest BCUT2D eigenvalue weighted by Crippen LogP contribution is -2.38. The third-order valence-electron chi connectivity index (χ3n) is 4.57. The Kier molecular flexibility index (Phi) is 2.85. The van der Waals surface area contributed by atoms with Gasteiger partial charge in [0.15, 0.2) is 0 Å². The predicted molar refractivity (Wildman–Crippen MR) is 57.9 cm³/mol. The van der Waals surface area contributed by atoms with Gasteiger partial charge in [-0.1, -0.05) is 26.2 Å². The maximum Gasteiger partial charge on any atom is 0.0639 e. The molecule has 0 radical (unpaired) electrons. The highest BCUT2D eigenvalue weighted by molar-refractivity contribution is 5.07. The zero-order valence-corrected chi connectivity index (χ0v) is 9.21. The molecule has 2 rings (SSSR count). The van der Waals surface area contributed by atoms with Crippen molar-refractivity contribution < 1.29 is 5.11 Å². The van der Waals surface area contributed by atoms with Crippen LogP contribution in [0.1, 0.15) is 45.4 Å². The van der Waals surface area contributed by atoms with Crippen molar-refractivity contribution in [1.82, 2.24) is 0 Å². The highest BCUT2D eigenvalue weighted by Gasteiger charge is 2.56. The smallest absolute Gasteiger partial charge is 0.0639 e. The van der Waals surface area contributed by atoms with Crippen LogP contribution in [0.2, 0.25) is 0 Å². The third-order valence-corrected chi connectivity index (χ3v) is 4.57. The molecule has 0 spiro atoms. The van der Waals surface area contributed by atoms with Gasteiger partial charge in [0.2, 0.25) is 0 Å². The second-order valence-electron chi connectivity index (χ2n) is 5.39. The van der Waals surface area contributed by atoms with E-state index in [1.165, 1.54) is 32.1 Å². The predicted octanol–water partition coefficient (Wildman–Crippen LogP) is 1.91. The van der Waals surface area contributed by atoms with E-state index in [1.807, 2.05) is 0 Å². The molecule has 82 valence electrons. The molecule has 2 fully saturated rings. The lowest BCUT2D eigenvalue weighted by molar-refractivity contribution is 0.0182. The van der Waals surface area contributed by atoms with E-state index in [4.69, 9.17) is 5.73 Å². The Morgan fingerprint density at radius 1 is 1.36 bits per heavy atom. The largest absolute Gasteiger partial charge is 0.392 e. The molecule has 0 unspecified atom stereocenters. The van der Waals surface area contributed by atoms with E-state index in [-0.39, 0.29) is 11.5 Å². The van der Waals surface area contributed by atoms with Crippen LogP contribution in [-0.4, -0.2) is 17.8 Å². The van der Waals surface area contributed by atoms with E-state index in [0.717, 1.165) is 6.42 Å². The maximum absolute atomic E-state index is 10.4. The van der Waals surface area contributed by atoms with Gasteiger partial charge in [0.1, 0.15) is 0 Å². The van der Waals surface area contributed by atoms with E-state index in [2.05, 4.69) is 6.92 Å². The number of hydrogen-bond acceptors (Lipinski definition) is 2. The summed E-state index contributed by atoms with van der Waals surface area (Å²) < 4.78 is 0. The second kappa shape index (κ2) is 3.82. The van der Waals surface area contributed by atoms with Gasteiger partial charge in [-0.05, 0) is 31.1 Å². The third kappa shape index (κ3) is 1.59. The van der Waals surface area contributed by atoms with Crippen LogP contribution in [-0.2, 0) is 0 Å². The molecule has 0 aromatic carbocycles. The normalized spacial score (nSPS) is 40.9. The van der Waals surface area contributed by atoms with Crippen molar-refractivity contribution in [3.8, 4) is 0 Å². The standard InChI is InChI=1S/C12H23NO/c1-9-7-12(9,8-13)11(14)10-5-3-2-4-6-10/h9-11,14H,2-8,13H2,1H3/t9-,11+,12+/m1/s1. The summed E-state index contributed by atoms with van der Waals surface area (Å²) in [6.45, 7) is 2.89. The summed E-state index contributed by atoms with van der Waals surface area (Å²) in [6, 6.07) is 0. The van der Waals surface area contributed by atoms with E-state index >= 15 is 0 Å². The van der Waals surface area contributed by atoms with E-state index in [1.54, 1.807) is 0 Å². The minimum atomic E-state index is -0.122. The van der Waals surface area contributed by atoms with Crippen molar-refractivity contribution >= 4 is 0 Å². The molecule has 3 atom stereocenters. The van der Waals surface area contributed by atoms with Crippen LogP contribution in [0.5, 0.6) is 0 Å².